The molecule has 0 spiro atoms. The molecule has 0 radical (unpaired) electrons. The van der Waals surface area contributed by atoms with Crippen LogP contribution in [0.3, 0.4) is 0 Å². The minimum atomic E-state index is 0.428. The van der Waals surface area contributed by atoms with E-state index in [1.165, 1.54) is 17.3 Å². The van der Waals surface area contributed by atoms with Gasteiger partial charge in [-0.2, -0.15) is 5.26 Å². The molecule has 0 aliphatic heterocycles. The van der Waals surface area contributed by atoms with E-state index in [1.54, 1.807) is 0 Å². The molecule has 0 aliphatic carbocycles. The molecule has 1 nitrogen and oxygen atoms in total. The second-order valence-corrected chi connectivity index (χ2v) is 4.95. The van der Waals surface area contributed by atoms with Crippen LogP contribution >= 0.6 is 39.3 Å². The van der Waals surface area contributed by atoms with Crippen molar-refractivity contribution in [3.05, 3.63) is 27.2 Å². The summed E-state index contributed by atoms with van der Waals surface area (Å²) in [5.41, 5.74) is 1.19. The maximum Gasteiger partial charge on any atom is 0.0855 e. The molecule has 0 saturated heterocycles. The van der Waals surface area contributed by atoms with Crippen molar-refractivity contribution in [2.24, 2.45) is 0 Å². The molecule has 74 valence electrons. The first-order valence-corrected chi connectivity index (χ1v) is 6.32. The molecule has 0 N–H and O–H groups in total. The van der Waals surface area contributed by atoms with Crippen LogP contribution < -0.4 is 0 Å². The van der Waals surface area contributed by atoms with Crippen molar-refractivity contribution in [1.82, 2.24) is 0 Å². The Morgan fingerprint density at radius 3 is 2.86 bits per heavy atom. The number of hydrogen-bond acceptors (Lipinski definition) is 2. The monoisotopic (exact) mass is 289 g/mol. The van der Waals surface area contributed by atoms with E-state index in [4.69, 9.17) is 16.9 Å². The van der Waals surface area contributed by atoms with Gasteiger partial charge in [-0.25, -0.2) is 0 Å². The van der Waals surface area contributed by atoms with Gasteiger partial charge in [0.05, 0.1) is 16.8 Å². The molecule has 0 bridgehead atoms. The maximum atomic E-state index is 8.46. The topological polar surface area (TPSA) is 23.8 Å². The second kappa shape index (κ2) is 5.65. The van der Waals surface area contributed by atoms with Gasteiger partial charge in [0, 0.05) is 9.37 Å². The van der Waals surface area contributed by atoms with Crippen LogP contribution in [0.2, 0.25) is 5.02 Å². The van der Waals surface area contributed by atoms with Crippen LogP contribution in [-0.4, -0.2) is 5.75 Å². The van der Waals surface area contributed by atoms with E-state index in [-0.39, 0.29) is 0 Å². The van der Waals surface area contributed by atoms with Gasteiger partial charge in [-0.3, -0.25) is 0 Å². The molecule has 0 aliphatic rings. The normalized spacial score (nSPS) is 9.86. The molecule has 0 atom stereocenters. The van der Waals surface area contributed by atoms with Crippen LogP contribution in [0.1, 0.15) is 12.5 Å². The van der Waals surface area contributed by atoms with Crippen LogP contribution in [0, 0.1) is 11.3 Å². The summed E-state index contributed by atoms with van der Waals surface area (Å²) < 4.78 is 1.06. The zero-order chi connectivity index (χ0) is 10.6. The molecule has 1 aromatic carbocycles. The lowest BCUT2D eigenvalue weighted by molar-refractivity contribution is 1.12. The third-order valence-corrected chi connectivity index (χ3v) is 3.86. The zero-order valence-corrected chi connectivity index (χ0v) is 10.8. The van der Waals surface area contributed by atoms with Crippen molar-refractivity contribution in [2.45, 2.75) is 18.2 Å². The number of rotatable bonds is 3. The van der Waals surface area contributed by atoms with E-state index in [1.807, 2.05) is 12.1 Å². The van der Waals surface area contributed by atoms with Gasteiger partial charge in [0.2, 0.25) is 0 Å². The molecule has 0 heterocycles. The lowest BCUT2D eigenvalue weighted by atomic mass is 10.2. The third kappa shape index (κ3) is 2.91. The fourth-order valence-electron chi connectivity index (χ4n) is 1.06. The smallest absolute Gasteiger partial charge is 0.0855 e. The third-order valence-electron chi connectivity index (χ3n) is 1.77. The molecule has 0 fully saturated rings. The molecule has 14 heavy (non-hydrogen) atoms. The number of benzene rings is 1. The van der Waals surface area contributed by atoms with Gasteiger partial charge in [-0.15, -0.1) is 11.8 Å². The Kier molecular flexibility index (Phi) is 4.80. The Labute approximate surface area is 102 Å². The molecular weight excluding hydrogens is 282 g/mol. The van der Waals surface area contributed by atoms with Crippen molar-refractivity contribution in [3.63, 3.8) is 0 Å². The number of hydrogen-bond donors (Lipinski definition) is 0. The quantitative estimate of drug-likeness (QED) is 0.776. The Morgan fingerprint density at radius 1 is 1.57 bits per heavy atom. The number of halogens is 2. The van der Waals surface area contributed by atoms with Crippen LogP contribution in [0.5, 0.6) is 0 Å². The van der Waals surface area contributed by atoms with Gasteiger partial charge in [-0.05, 0) is 24.1 Å². The van der Waals surface area contributed by atoms with E-state index in [0.29, 0.717) is 5.75 Å². The summed E-state index contributed by atoms with van der Waals surface area (Å²) >= 11 is 11.0. The highest BCUT2D eigenvalue weighted by atomic mass is 79.9. The summed E-state index contributed by atoms with van der Waals surface area (Å²) in [7, 11) is 0. The van der Waals surface area contributed by atoms with Crippen molar-refractivity contribution >= 4 is 39.3 Å². The SMILES string of the molecule is CCc1cc(Cl)c(SCC#N)cc1Br. The Hall–Kier alpha value is -0.170. The van der Waals surface area contributed by atoms with Crippen LogP contribution in [0.4, 0.5) is 0 Å². The summed E-state index contributed by atoms with van der Waals surface area (Å²) in [6, 6.07) is 6.01. The number of nitrogens with zero attached hydrogens (tertiary/aromatic N) is 1. The first-order valence-electron chi connectivity index (χ1n) is 4.16. The van der Waals surface area contributed by atoms with E-state index in [0.717, 1.165) is 20.8 Å². The predicted octanol–water partition coefficient (Wildman–Crippen LogP) is 4.28. The first-order chi connectivity index (χ1) is 6.69. The van der Waals surface area contributed by atoms with Gasteiger partial charge < -0.3 is 0 Å². The Balaban J connectivity index is 2.97. The summed E-state index contributed by atoms with van der Waals surface area (Å²) in [5, 5.41) is 9.19. The largest absolute Gasteiger partial charge is 0.197 e. The van der Waals surface area contributed by atoms with Gasteiger partial charge in [0.15, 0.2) is 0 Å². The highest BCUT2D eigenvalue weighted by molar-refractivity contribution is 9.10. The van der Waals surface area contributed by atoms with Gasteiger partial charge in [0.1, 0.15) is 0 Å². The molecule has 0 amide bonds. The minimum Gasteiger partial charge on any atom is -0.197 e. The van der Waals surface area contributed by atoms with E-state index in [9.17, 15) is 0 Å². The van der Waals surface area contributed by atoms with Gasteiger partial charge in [-0.1, -0.05) is 34.5 Å². The molecular formula is C10H9BrClNS. The predicted molar refractivity (Wildman–Crippen MR) is 64.9 cm³/mol. The van der Waals surface area contributed by atoms with Crippen molar-refractivity contribution < 1.29 is 0 Å². The van der Waals surface area contributed by atoms with Crippen molar-refractivity contribution in [3.8, 4) is 6.07 Å². The van der Waals surface area contributed by atoms with Gasteiger partial charge >= 0.3 is 0 Å². The minimum absolute atomic E-state index is 0.428. The average Bonchev–Trinajstić information content (AvgIpc) is 2.18. The van der Waals surface area contributed by atoms with E-state index in [2.05, 4.69) is 28.9 Å². The number of nitriles is 1. The molecule has 0 saturated carbocycles. The fourth-order valence-corrected chi connectivity index (χ4v) is 2.80. The van der Waals surface area contributed by atoms with Crippen LogP contribution in [0.25, 0.3) is 0 Å². The molecule has 1 rings (SSSR count). The van der Waals surface area contributed by atoms with E-state index >= 15 is 0 Å². The van der Waals surface area contributed by atoms with E-state index < -0.39 is 0 Å². The molecule has 4 heteroatoms. The zero-order valence-electron chi connectivity index (χ0n) is 7.68. The van der Waals surface area contributed by atoms with Crippen molar-refractivity contribution in [1.29, 1.82) is 5.26 Å². The lowest BCUT2D eigenvalue weighted by Gasteiger charge is -2.06. The summed E-state index contributed by atoms with van der Waals surface area (Å²) in [6.45, 7) is 2.08. The summed E-state index contributed by atoms with van der Waals surface area (Å²) in [6.07, 6.45) is 0.948. The van der Waals surface area contributed by atoms with Crippen molar-refractivity contribution in [2.75, 3.05) is 5.75 Å². The second-order valence-electron chi connectivity index (χ2n) is 2.67. The van der Waals surface area contributed by atoms with Crippen LogP contribution in [-0.2, 0) is 6.42 Å². The standard InChI is InChI=1S/C10H9BrClNS/c1-2-7-5-9(12)10(6-8(7)11)14-4-3-13/h5-6H,2,4H2,1H3. The highest BCUT2D eigenvalue weighted by Crippen LogP contribution is 2.32. The first kappa shape index (κ1) is 11.9. The lowest BCUT2D eigenvalue weighted by Crippen LogP contribution is -1.85. The molecule has 0 aromatic heterocycles. The summed E-state index contributed by atoms with van der Waals surface area (Å²) in [5.74, 6) is 0.428. The number of aryl methyl sites for hydroxylation is 1. The highest BCUT2D eigenvalue weighted by Gasteiger charge is 2.05. The fraction of sp³-hybridized carbons (Fsp3) is 0.300. The van der Waals surface area contributed by atoms with Crippen LogP contribution in [0.15, 0.2) is 21.5 Å². The number of thioether (sulfide) groups is 1. The molecule has 0 unspecified atom stereocenters. The maximum absolute atomic E-state index is 8.46. The Morgan fingerprint density at radius 2 is 2.29 bits per heavy atom. The Bertz CT molecular complexity index is 373. The molecule has 1 aromatic rings. The van der Waals surface area contributed by atoms with Gasteiger partial charge in [0.25, 0.3) is 0 Å². The summed E-state index contributed by atoms with van der Waals surface area (Å²) in [4.78, 5) is 0.956. The average molecular weight is 291 g/mol.